The van der Waals surface area contributed by atoms with Crippen molar-refractivity contribution < 1.29 is 23.9 Å². The van der Waals surface area contributed by atoms with E-state index in [2.05, 4.69) is 5.32 Å². The van der Waals surface area contributed by atoms with E-state index in [0.29, 0.717) is 18.6 Å². The summed E-state index contributed by atoms with van der Waals surface area (Å²) in [5, 5.41) is 2.17. The second-order valence-electron chi connectivity index (χ2n) is 5.67. The third-order valence-corrected chi connectivity index (χ3v) is 3.44. The Labute approximate surface area is 152 Å². The number of nitrogens with one attached hydrogen (secondary N) is 1. The quantitative estimate of drug-likeness (QED) is 0.581. The van der Waals surface area contributed by atoms with Crippen molar-refractivity contribution >= 4 is 17.8 Å². The average Bonchev–Trinajstić information content (AvgIpc) is 2.64. The van der Waals surface area contributed by atoms with Crippen molar-refractivity contribution in [1.29, 1.82) is 0 Å². The summed E-state index contributed by atoms with van der Waals surface area (Å²) >= 11 is 0. The summed E-state index contributed by atoms with van der Waals surface area (Å²) in [6, 6.07) is 15.9. The summed E-state index contributed by atoms with van der Waals surface area (Å²) < 4.78 is 10.4. The Morgan fingerprint density at radius 3 is 2.50 bits per heavy atom. The van der Waals surface area contributed by atoms with E-state index in [1.807, 2.05) is 31.2 Å². The topological polar surface area (TPSA) is 81.7 Å². The van der Waals surface area contributed by atoms with Gasteiger partial charge >= 0.3 is 5.97 Å². The number of aryl methyl sites for hydroxylation is 1. The molecule has 6 heteroatoms. The Balaban J connectivity index is 1.60. The Bertz CT molecular complexity index is 758. The van der Waals surface area contributed by atoms with Crippen LogP contribution in [0.15, 0.2) is 54.6 Å². The minimum atomic E-state index is -0.664. The van der Waals surface area contributed by atoms with Crippen molar-refractivity contribution in [3.8, 4) is 5.75 Å². The molecule has 2 rings (SSSR count). The van der Waals surface area contributed by atoms with E-state index in [9.17, 15) is 14.4 Å². The summed E-state index contributed by atoms with van der Waals surface area (Å²) in [6.45, 7) is 1.85. The maximum Gasteiger partial charge on any atom is 0.306 e. The van der Waals surface area contributed by atoms with Crippen LogP contribution >= 0.6 is 0 Å². The van der Waals surface area contributed by atoms with Gasteiger partial charge in [0.1, 0.15) is 5.75 Å². The van der Waals surface area contributed by atoms with Gasteiger partial charge in [-0.3, -0.25) is 19.7 Å². The number of hydrogen-bond acceptors (Lipinski definition) is 5. The van der Waals surface area contributed by atoms with Crippen molar-refractivity contribution in [2.24, 2.45) is 0 Å². The van der Waals surface area contributed by atoms with E-state index < -0.39 is 24.4 Å². The van der Waals surface area contributed by atoms with Crippen LogP contribution in [0, 0.1) is 6.92 Å². The van der Waals surface area contributed by atoms with Gasteiger partial charge in [-0.25, -0.2) is 0 Å². The molecular formula is C20H21NO5. The zero-order valence-electron chi connectivity index (χ0n) is 14.6. The zero-order valence-corrected chi connectivity index (χ0v) is 14.6. The lowest BCUT2D eigenvalue weighted by atomic mass is 10.2. The van der Waals surface area contributed by atoms with Crippen LogP contribution in [-0.4, -0.2) is 31.0 Å². The average molecular weight is 355 g/mol. The molecule has 0 aliphatic rings. The molecule has 0 atom stereocenters. The van der Waals surface area contributed by atoms with Gasteiger partial charge in [0.25, 0.3) is 11.8 Å². The van der Waals surface area contributed by atoms with Gasteiger partial charge in [0, 0.05) is 12.0 Å². The first kappa shape index (κ1) is 19.2. The summed E-state index contributed by atoms with van der Waals surface area (Å²) in [7, 11) is 0. The number of ether oxygens (including phenoxy) is 2. The smallest absolute Gasteiger partial charge is 0.306 e. The molecule has 0 aromatic heterocycles. The van der Waals surface area contributed by atoms with E-state index >= 15 is 0 Å². The lowest BCUT2D eigenvalue weighted by molar-refractivity contribution is -0.148. The highest BCUT2D eigenvalue weighted by Crippen LogP contribution is 2.12. The van der Waals surface area contributed by atoms with Crippen LogP contribution in [0.3, 0.4) is 0 Å². The minimum absolute atomic E-state index is 0.131. The second kappa shape index (κ2) is 9.98. The molecule has 0 unspecified atom stereocenters. The second-order valence-corrected chi connectivity index (χ2v) is 5.67. The van der Waals surface area contributed by atoms with Gasteiger partial charge in [0.15, 0.2) is 6.61 Å². The molecule has 0 heterocycles. The monoisotopic (exact) mass is 355 g/mol. The molecule has 2 aromatic rings. The molecule has 0 saturated heterocycles. The van der Waals surface area contributed by atoms with Crippen LogP contribution < -0.4 is 10.1 Å². The van der Waals surface area contributed by atoms with Crippen molar-refractivity contribution in [3.63, 3.8) is 0 Å². The fourth-order valence-corrected chi connectivity index (χ4v) is 2.15. The SMILES string of the molecule is Cc1cccc(OCCCC(=O)OCC(=O)NC(=O)c2ccccc2)c1. The first-order valence-corrected chi connectivity index (χ1v) is 8.29. The van der Waals surface area contributed by atoms with Crippen LogP contribution in [0.4, 0.5) is 0 Å². The van der Waals surface area contributed by atoms with Gasteiger partial charge in [-0.1, -0.05) is 30.3 Å². The van der Waals surface area contributed by atoms with Crippen LogP contribution in [0.25, 0.3) is 0 Å². The van der Waals surface area contributed by atoms with Gasteiger partial charge in [0.05, 0.1) is 6.61 Å². The lowest BCUT2D eigenvalue weighted by Gasteiger charge is -2.07. The molecule has 0 fully saturated rings. The number of benzene rings is 2. The molecule has 1 N–H and O–H groups in total. The van der Waals surface area contributed by atoms with Crippen LogP contribution in [0.1, 0.15) is 28.8 Å². The molecular weight excluding hydrogens is 334 g/mol. The van der Waals surface area contributed by atoms with E-state index in [0.717, 1.165) is 11.3 Å². The van der Waals surface area contributed by atoms with E-state index in [-0.39, 0.29) is 6.42 Å². The molecule has 6 nitrogen and oxygen atoms in total. The molecule has 0 saturated carbocycles. The highest BCUT2D eigenvalue weighted by atomic mass is 16.5. The fraction of sp³-hybridized carbons (Fsp3) is 0.250. The highest BCUT2D eigenvalue weighted by Gasteiger charge is 2.12. The van der Waals surface area contributed by atoms with Gasteiger partial charge < -0.3 is 9.47 Å². The predicted octanol–water partition coefficient (Wildman–Crippen LogP) is 2.65. The first-order chi connectivity index (χ1) is 12.5. The van der Waals surface area contributed by atoms with Crippen LogP contribution in [-0.2, 0) is 14.3 Å². The van der Waals surface area contributed by atoms with E-state index in [1.54, 1.807) is 30.3 Å². The lowest BCUT2D eigenvalue weighted by Crippen LogP contribution is -2.34. The van der Waals surface area contributed by atoms with Crippen molar-refractivity contribution in [1.82, 2.24) is 5.32 Å². The molecule has 0 radical (unpaired) electrons. The molecule has 2 amide bonds. The summed E-state index contributed by atoms with van der Waals surface area (Å²) in [4.78, 5) is 35.1. The van der Waals surface area contributed by atoms with Gasteiger partial charge in [0.2, 0.25) is 0 Å². The van der Waals surface area contributed by atoms with Crippen molar-refractivity contribution in [2.45, 2.75) is 19.8 Å². The summed E-state index contributed by atoms with van der Waals surface area (Å²) in [5.74, 6) is -0.960. The zero-order chi connectivity index (χ0) is 18.8. The number of amides is 2. The molecule has 26 heavy (non-hydrogen) atoms. The number of hydrogen-bond donors (Lipinski definition) is 1. The summed E-state index contributed by atoms with van der Waals surface area (Å²) in [5.41, 5.74) is 1.46. The van der Waals surface area contributed by atoms with Gasteiger partial charge in [-0.2, -0.15) is 0 Å². The summed E-state index contributed by atoms with van der Waals surface area (Å²) in [6.07, 6.45) is 0.600. The molecule has 2 aromatic carbocycles. The molecule has 0 aliphatic heterocycles. The van der Waals surface area contributed by atoms with Crippen molar-refractivity contribution in [3.05, 3.63) is 65.7 Å². The van der Waals surface area contributed by atoms with Gasteiger partial charge in [-0.05, 0) is 43.2 Å². The predicted molar refractivity (Wildman–Crippen MR) is 95.8 cm³/mol. The Morgan fingerprint density at radius 2 is 1.77 bits per heavy atom. The Morgan fingerprint density at radius 1 is 1.00 bits per heavy atom. The fourth-order valence-electron chi connectivity index (χ4n) is 2.15. The number of rotatable bonds is 8. The largest absolute Gasteiger partial charge is 0.494 e. The first-order valence-electron chi connectivity index (χ1n) is 8.29. The number of esters is 1. The van der Waals surface area contributed by atoms with Gasteiger partial charge in [-0.15, -0.1) is 0 Å². The van der Waals surface area contributed by atoms with Crippen LogP contribution in [0.2, 0.25) is 0 Å². The Kier molecular flexibility index (Phi) is 7.36. The molecule has 136 valence electrons. The molecule has 0 aliphatic carbocycles. The maximum absolute atomic E-state index is 11.8. The minimum Gasteiger partial charge on any atom is -0.494 e. The molecule has 0 bridgehead atoms. The third kappa shape index (κ3) is 6.76. The van der Waals surface area contributed by atoms with E-state index in [1.165, 1.54) is 0 Å². The highest BCUT2D eigenvalue weighted by molar-refractivity contribution is 6.05. The van der Waals surface area contributed by atoms with Crippen molar-refractivity contribution in [2.75, 3.05) is 13.2 Å². The number of carbonyl (C=O) groups excluding carboxylic acids is 3. The normalized spacial score (nSPS) is 10.0. The third-order valence-electron chi connectivity index (χ3n) is 3.44. The number of carbonyl (C=O) groups is 3. The Hall–Kier alpha value is -3.15. The van der Waals surface area contributed by atoms with E-state index in [4.69, 9.17) is 9.47 Å². The van der Waals surface area contributed by atoms with Crippen LogP contribution in [0.5, 0.6) is 5.75 Å². The molecule has 0 spiro atoms. The number of imide groups is 1. The standard InChI is InChI=1S/C20H21NO5/c1-15-7-5-10-17(13-15)25-12-6-11-19(23)26-14-18(22)21-20(24)16-8-3-2-4-9-16/h2-5,7-10,13H,6,11-12,14H2,1H3,(H,21,22,24). The maximum atomic E-state index is 11.8.